The average molecular weight is 277 g/mol. The Morgan fingerprint density at radius 3 is 2.30 bits per heavy atom. The molecule has 0 bridgehead atoms. The molecule has 4 heteroatoms. The van der Waals surface area contributed by atoms with Crippen molar-refractivity contribution in [1.29, 1.82) is 0 Å². The molecule has 0 fully saturated rings. The van der Waals surface area contributed by atoms with Crippen LogP contribution in [0.2, 0.25) is 0 Å². The summed E-state index contributed by atoms with van der Waals surface area (Å²) in [7, 11) is 0. The van der Waals surface area contributed by atoms with Crippen molar-refractivity contribution < 1.29 is 4.79 Å². The molecule has 112 valence electrons. The van der Waals surface area contributed by atoms with Crippen LogP contribution >= 0.6 is 0 Å². The van der Waals surface area contributed by atoms with Crippen LogP contribution in [0.25, 0.3) is 0 Å². The molecule has 0 aliphatic heterocycles. The predicted octanol–water partition coefficient (Wildman–Crippen LogP) is 3.01. The third-order valence-corrected chi connectivity index (χ3v) is 3.78. The lowest BCUT2D eigenvalue weighted by atomic mass is 9.85. The van der Waals surface area contributed by atoms with Crippen LogP contribution < -0.4 is 5.32 Å². The minimum absolute atomic E-state index is 0.0360. The monoisotopic (exact) mass is 277 g/mol. The van der Waals surface area contributed by atoms with Crippen molar-refractivity contribution in [2.24, 2.45) is 17.8 Å². The molecule has 1 heterocycles. The minimum atomic E-state index is -0.0360. The van der Waals surface area contributed by atoms with E-state index in [2.05, 4.69) is 43.2 Å². The third-order valence-electron chi connectivity index (χ3n) is 3.78. The number of aromatic nitrogens is 2. The van der Waals surface area contributed by atoms with E-state index in [0.29, 0.717) is 36.3 Å². The van der Waals surface area contributed by atoms with Gasteiger partial charge in [-0.05, 0) is 37.2 Å². The number of carbonyl (C=O) groups is 1. The van der Waals surface area contributed by atoms with Gasteiger partial charge in [0.1, 0.15) is 0 Å². The Bertz CT molecular complexity index is 447. The summed E-state index contributed by atoms with van der Waals surface area (Å²) in [5.74, 6) is 1.56. The number of nitrogens with one attached hydrogen (secondary N) is 1. The Balaban J connectivity index is 2.79. The number of hydrogen-bond acceptors (Lipinski definition) is 3. The van der Waals surface area contributed by atoms with Gasteiger partial charge in [0, 0.05) is 6.54 Å². The predicted molar refractivity (Wildman–Crippen MR) is 81.6 cm³/mol. The molecule has 1 aromatic rings. The number of carbonyl (C=O) groups excluding carboxylic acids is 1. The van der Waals surface area contributed by atoms with Crippen molar-refractivity contribution in [3.05, 3.63) is 23.0 Å². The maximum absolute atomic E-state index is 12.3. The van der Waals surface area contributed by atoms with Crippen LogP contribution in [0.15, 0.2) is 6.07 Å². The molecule has 0 aliphatic rings. The van der Waals surface area contributed by atoms with E-state index in [1.54, 1.807) is 0 Å². The number of amides is 1. The van der Waals surface area contributed by atoms with Gasteiger partial charge in [0.05, 0.1) is 17.0 Å². The Labute approximate surface area is 122 Å². The van der Waals surface area contributed by atoms with E-state index in [-0.39, 0.29) is 5.91 Å². The van der Waals surface area contributed by atoms with Gasteiger partial charge in [-0.15, -0.1) is 0 Å². The van der Waals surface area contributed by atoms with E-state index in [9.17, 15) is 4.79 Å². The standard InChI is InChI=1S/C16H27N3O/c1-7-15-13(8-12(6)18-19-15)16(20)17-9-14(10(2)3)11(4)5/h8,10-11,14H,7,9H2,1-6H3,(H,17,20). The third kappa shape index (κ3) is 4.29. The smallest absolute Gasteiger partial charge is 0.253 e. The molecule has 0 atom stereocenters. The normalized spacial score (nSPS) is 11.4. The fourth-order valence-electron chi connectivity index (χ4n) is 2.52. The summed E-state index contributed by atoms with van der Waals surface area (Å²) in [4.78, 5) is 12.3. The summed E-state index contributed by atoms with van der Waals surface area (Å²) >= 11 is 0. The fraction of sp³-hybridized carbons (Fsp3) is 0.688. The number of aryl methyl sites for hydroxylation is 2. The fourth-order valence-corrected chi connectivity index (χ4v) is 2.52. The second kappa shape index (κ2) is 7.36. The van der Waals surface area contributed by atoms with Crippen LogP contribution in [0.3, 0.4) is 0 Å². The van der Waals surface area contributed by atoms with E-state index in [1.165, 1.54) is 0 Å². The van der Waals surface area contributed by atoms with Gasteiger partial charge in [0.15, 0.2) is 0 Å². The number of rotatable bonds is 6. The highest BCUT2D eigenvalue weighted by Crippen LogP contribution is 2.19. The molecule has 20 heavy (non-hydrogen) atoms. The first-order chi connectivity index (χ1) is 9.36. The van der Waals surface area contributed by atoms with Crippen molar-refractivity contribution >= 4 is 5.91 Å². The minimum Gasteiger partial charge on any atom is -0.352 e. The Morgan fingerprint density at radius 2 is 1.80 bits per heavy atom. The summed E-state index contributed by atoms with van der Waals surface area (Å²) < 4.78 is 0. The molecule has 0 unspecified atom stereocenters. The molecule has 1 aromatic heterocycles. The van der Waals surface area contributed by atoms with Crippen LogP contribution in [0.1, 0.15) is 56.4 Å². The van der Waals surface area contributed by atoms with Gasteiger partial charge in [-0.2, -0.15) is 10.2 Å². The SMILES string of the molecule is CCc1nnc(C)cc1C(=O)NCC(C(C)C)C(C)C. The molecule has 1 N–H and O–H groups in total. The van der Waals surface area contributed by atoms with Crippen LogP contribution in [0, 0.1) is 24.7 Å². The van der Waals surface area contributed by atoms with Crippen LogP contribution in [-0.4, -0.2) is 22.6 Å². The summed E-state index contributed by atoms with van der Waals surface area (Å²) in [6.45, 7) is 13.4. The summed E-state index contributed by atoms with van der Waals surface area (Å²) in [6.07, 6.45) is 0.716. The first-order valence-corrected chi connectivity index (χ1v) is 7.48. The van der Waals surface area contributed by atoms with E-state index in [4.69, 9.17) is 0 Å². The van der Waals surface area contributed by atoms with Crippen LogP contribution in [0.5, 0.6) is 0 Å². The van der Waals surface area contributed by atoms with Gasteiger partial charge in [-0.25, -0.2) is 0 Å². The average Bonchev–Trinajstić information content (AvgIpc) is 2.37. The highest BCUT2D eigenvalue weighted by atomic mass is 16.1. The van der Waals surface area contributed by atoms with Gasteiger partial charge in [0.25, 0.3) is 5.91 Å². The number of nitrogens with zero attached hydrogens (tertiary/aromatic N) is 2. The van der Waals surface area contributed by atoms with E-state index < -0.39 is 0 Å². The summed E-state index contributed by atoms with van der Waals surface area (Å²) in [5, 5.41) is 11.2. The summed E-state index contributed by atoms with van der Waals surface area (Å²) in [6, 6.07) is 1.82. The van der Waals surface area contributed by atoms with Crippen molar-refractivity contribution in [3.63, 3.8) is 0 Å². The molecule has 1 rings (SSSR count). The Kier molecular flexibility index (Phi) is 6.11. The lowest BCUT2D eigenvalue weighted by Gasteiger charge is -2.25. The van der Waals surface area contributed by atoms with E-state index in [1.807, 2.05) is 19.9 Å². The second-order valence-electron chi connectivity index (χ2n) is 6.06. The van der Waals surface area contributed by atoms with Crippen molar-refractivity contribution in [1.82, 2.24) is 15.5 Å². The molecule has 0 saturated heterocycles. The second-order valence-corrected chi connectivity index (χ2v) is 6.06. The van der Waals surface area contributed by atoms with Gasteiger partial charge in [-0.3, -0.25) is 4.79 Å². The zero-order chi connectivity index (χ0) is 15.3. The topological polar surface area (TPSA) is 54.9 Å². The zero-order valence-electron chi connectivity index (χ0n) is 13.5. The van der Waals surface area contributed by atoms with Crippen LogP contribution in [-0.2, 0) is 6.42 Å². The zero-order valence-corrected chi connectivity index (χ0v) is 13.5. The highest BCUT2D eigenvalue weighted by Gasteiger charge is 2.19. The molecule has 0 spiro atoms. The first-order valence-electron chi connectivity index (χ1n) is 7.48. The van der Waals surface area contributed by atoms with Gasteiger partial charge >= 0.3 is 0 Å². The number of hydrogen-bond donors (Lipinski definition) is 1. The Morgan fingerprint density at radius 1 is 1.20 bits per heavy atom. The van der Waals surface area contributed by atoms with Crippen LogP contribution in [0.4, 0.5) is 0 Å². The molecule has 0 radical (unpaired) electrons. The largest absolute Gasteiger partial charge is 0.352 e. The van der Waals surface area contributed by atoms with Crippen molar-refractivity contribution in [2.45, 2.75) is 48.0 Å². The maximum Gasteiger partial charge on any atom is 0.253 e. The molecular weight excluding hydrogens is 250 g/mol. The molecule has 1 amide bonds. The molecule has 0 aliphatic carbocycles. The molecule has 0 aromatic carbocycles. The van der Waals surface area contributed by atoms with Gasteiger partial charge < -0.3 is 5.32 Å². The lowest BCUT2D eigenvalue weighted by molar-refractivity contribution is 0.0935. The van der Waals surface area contributed by atoms with E-state index >= 15 is 0 Å². The van der Waals surface area contributed by atoms with Crippen molar-refractivity contribution in [3.8, 4) is 0 Å². The van der Waals surface area contributed by atoms with E-state index in [0.717, 1.165) is 11.4 Å². The summed E-state index contributed by atoms with van der Waals surface area (Å²) in [5.41, 5.74) is 2.20. The highest BCUT2D eigenvalue weighted by molar-refractivity contribution is 5.95. The molecular formula is C16H27N3O. The molecule has 0 saturated carbocycles. The van der Waals surface area contributed by atoms with Gasteiger partial charge in [0.2, 0.25) is 0 Å². The lowest BCUT2D eigenvalue weighted by Crippen LogP contribution is -2.34. The quantitative estimate of drug-likeness (QED) is 0.869. The maximum atomic E-state index is 12.3. The first kappa shape index (κ1) is 16.6. The molecule has 4 nitrogen and oxygen atoms in total. The van der Waals surface area contributed by atoms with Gasteiger partial charge in [-0.1, -0.05) is 34.6 Å². The van der Waals surface area contributed by atoms with Crippen molar-refractivity contribution in [2.75, 3.05) is 6.54 Å². The Hall–Kier alpha value is -1.45.